The molecule has 0 spiro atoms. The van der Waals surface area contributed by atoms with E-state index in [1.165, 1.54) is 11.3 Å². The molecule has 3 aromatic heterocycles. The molecule has 0 atom stereocenters. The van der Waals surface area contributed by atoms with Gasteiger partial charge in [-0.1, -0.05) is 19.9 Å². The Kier molecular flexibility index (Phi) is 4.66. The molecule has 4 nitrogen and oxygen atoms in total. The van der Waals surface area contributed by atoms with Gasteiger partial charge in [0.05, 0.1) is 22.1 Å². The second-order valence-electron chi connectivity index (χ2n) is 5.03. The molecule has 0 radical (unpaired) electrons. The predicted molar refractivity (Wildman–Crippen MR) is 92.8 cm³/mol. The van der Waals surface area contributed by atoms with Gasteiger partial charge in [-0.2, -0.15) is 0 Å². The number of thiazole rings is 2. The molecule has 0 aliphatic rings. The number of nitrogens with zero attached hydrogens (tertiary/aromatic N) is 2. The third-order valence-corrected chi connectivity index (χ3v) is 6.04. The number of hydrogen-bond acceptors (Lipinski definition) is 6. The molecular weight excluding hydrogens is 334 g/mol. The Morgan fingerprint density at radius 1 is 1.23 bits per heavy atom. The molecular formula is C15H15N3OS3. The number of amides is 1. The van der Waals surface area contributed by atoms with E-state index in [1.54, 1.807) is 28.1 Å². The van der Waals surface area contributed by atoms with Crippen LogP contribution in [0.4, 0.5) is 0 Å². The van der Waals surface area contributed by atoms with Gasteiger partial charge < -0.3 is 5.32 Å². The van der Waals surface area contributed by atoms with Crippen LogP contribution in [0.5, 0.6) is 0 Å². The summed E-state index contributed by atoms with van der Waals surface area (Å²) in [6.45, 7) is 4.67. The third kappa shape index (κ3) is 3.43. The molecule has 22 heavy (non-hydrogen) atoms. The van der Waals surface area contributed by atoms with E-state index < -0.39 is 0 Å². The Morgan fingerprint density at radius 2 is 2.09 bits per heavy atom. The second kappa shape index (κ2) is 6.68. The molecule has 7 heteroatoms. The van der Waals surface area contributed by atoms with E-state index in [0.29, 0.717) is 18.2 Å². The van der Waals surface area contributed by atoms with E-state index in [9.17, 15) is 4.79 Å². The van der Waals surface area contributed by atoms with E-state index in [2.05, 4.69) is 29.1 Å². The fourth-order valence-electron chi connectivity index (χ4n) is 1.82. The average molecular weight is 350 g/mol. The van der Waals surface area contributed by atoms with Crippen molar-refractivity contribution in [1.82, 2.24) is 15.3 Å². The first-order chi connectivity index (χ1) is 10.6. The first-order valence-corrected chi connectivity index (χ1v) is 9.49. The summed E-state index contributed by atoms with van der Waals surface area (Å²) in [6.07, 6.45) is 0. The number of carbonyl (C=O) groups is 1. The predicted octanol–water partition coefficient (Wildman–Crippen LogP) is 4.38. The summed E-state index contributed by atoms with van der Waals surface area (Å²) in [4.78, 5) is 22.1. The largest absolute Gasteiger partial charge is 0.345 e. The Labute approximate surface area is 140 Å². The van der Waals surface area contributed by atoms with Gasteiger partial charge in [0.25, 0.3) is 5.91 Å². The van der Waals surface area contributed by atoms with Gasteiger partial charge in [0.2, 0.25) is 0 Å². The summed E-state index contributed by atoms with van der Waals surface area (Å²) < 4.78 is 0. The summed E-state index contributed by atoms with van der Waals surface area (Å²) in [7, 11) is 0. The van der Waals surface area contributed by atoms with E-state index >= 15 is 0 Å². The van der Waals surface area contributed by atoms with Gasteiger partial charge in [-0.25, -0.2) is 9.97 Å². The summed E-state index contributed by atoms with van der Waals surface area (Å²) in [6, 6.07) is 3.99. The van der Waals surface area contributed by atoms with Gasteiger partial charge in [0.15, 0.2) is 0 Å². The zero-order valence-corrected chi connectivity index (χ0v) is 14.6. The normalized spacial score (nSPS) is 11.0. The van der Waals surface area contributed by atoms with Gasteiger partial charge >= 0.3 is 0 Å². The van der Waals surface area contributed by atoms with Crippen molar-refractivity contribution in [3.8, 4) is 9.88 Å². The van der Waals surface area contributed by atoms with E-state index in [4.69, 9.17) is 0 Å². The highest BCUT2D eigenvalue weighted by molar-refractivity contribution is 7.20. The molecule has 0 unspecified atom stereocenters. The fraction of sp³-hybridized carbons (Fsp3) is 0.267. The minimum absolute atomic E-state index is 0.154. The number of aromatic nitrogens is 2. The summed E-state index contributed by atoms with van der Waals surface area (Å²) in [5.74, 6) is 0.263. The maximum absolute atomic E-state index is 12.2. The van der Waals surface area contributed by atoms with E-state index in [1.807, 2.05) is 22.9 Å². The third-order valence-electron chi connectivity index (χ3n) is 2.96. The summed E-state index contributed by atoms with van der Waals surface area (Å²) in [5.41, 5.74) is 1.36. The molecule has 0 bridgehead atoms. The monoisotopic (exact) mass is 349 g/mol. The molecule has 3 heterocycles. The van der Waals surface area contributed by atoms with Crippen LogP contribution in [-0.2, 0) is 6.54 Å². The van der Waals surface area contributed by atoms with Crippen LogP contribution in [0.15, 0.2) is 28.3 Å². The Bertz CT molecular complexity index is 759. The molecule has 1 amide bonds. The molecule has 1 N–H and O–H groups in total. The van der Waals surface area contributed by atoms with Crippen LogP contribution in [-0.4, -0.2) is 15.9 Å². The molecule has 0 aliphatic heterocycles. The quantitative estimate of drug-likeness (QED) is 0.743. The van der Waals surface area contributed by atoms with E-state index in [0.717, 1.165) is 20.6 Å². The first kappa shape index (κ1) is 15.3. The van der Waals surface area contributed by atoms with Gasteiger partial charge in [-0.05, 0) is 11.4 Å². The topological polar surface area (TPSA) is 54.9 Å². The minimum atomic E-state index is -0.154. The van der Waals surface area contributed by atoms with Crippen LogP contribution in [0.3, 0.4) is 0 Å². The molecule has 114 valence electrons. The van der Waals surface area contributed by atoms with Crippen molar-refractivity contribution >= 4 is 39.9 Å². The molecule has 0 aromatic carbocycles. The van der Waals surface area contributed by atoms with E-state index in [-0.39, 0.29) is 5.91 Å². The van der Waals surface area contributed by atoms with Crippen molar-refractivity contribution in [2.75, 3.05) is 0 Å². The van der Waals surface area contributed by atoms with Crippen molar-refractivity contribution in [2.45, 2.75) is 26.3 Å². The maximum atomic E-state index is 12.2. The molecule has 3 rings (SSSR count). The van der Waals surface area contributed by atoms with Crippen molar-refractivity contribution in [3.63, 3.8) is 0 Å². The lowest BCUT2D eigenvalue weighted by molar-refractivity contribution is 0.0946. The molecule has 3 aromatic rings. The van der Waals surface area contributed by atoms with Gasteiger partial charge in [-0.15, -0.1) is 34.0 Å². The number of nitrogens with one attached hydrogen (secondary N) is 1. The Balaban J connectivity index is 1.62. The summed E-state index contributed by atoms with van der Waals surface area (Å²) >= 11 is 4.75. The summed E-state index contributed by atoms with van der Waals surface area (Å²) in [5, 5.41) is 10.7. The Morgan fingerprint density at radius 3 is 2.77 bits per heavy atom. The number of hydrogen-bond donors (Lipinski definition) is 1. The lowest BCUT2D eigenvalue weighted by atomic mass is 10.2. The number of carbonyl (C=O) groups excluding carboxylic acids is 1. The van der Waals surface area contributed by atoms with Crippen molar-refractivity contribution in [3.05, 3.63) is 44.7 Å². The zero-order chi connectivity index (χ0) is 15.5. The fourth-order valence-corrected chi connectivity index (χ4v) is 4.27. The molecule has 0 saturated heterocycles. The van der Waals surface area contributed by atoms with Crippen LogP contribution < -0.4 is 5.32 Å². The smallest absolute Gasteiger partial charge is 0.271 e. The van der Waals surface area contributed by atoms with Crippen molar-refractivity contribution in [1.29, 1.82) is 0 Å². The lowest BCUT2D eigenvalue weighted by Crippen LogP contribution is -2.23. The van der Waals surface area contributed by atoms with Gasteiger partial charge in [-0.3, -0.25) is 4.79 Å². The molecule has 0 aliphatic carbocycles. The molecule has 0 fully saturated rings. The van der Waals surface area contributed by atoms with Crippen molar-refractivity contribution < 1.29 is 4.79 Å². The SMILES string of the molecule is CC(C)c1nc(CNC(=O)c2csc(-c3cccs3)n2)cs1. The van der Waals surface area contributed by atoms with Crippen LogP contribution in [0, 0.1) is 0 Å². The minimum Gasteiger partial charge on any atom is -0.345 e. The van der Waals surface area contributed by atoms with Gasteiger partial charge in [0.1, 0.15) is 10.7 Å². The Hall–Kier alpha value is -1.57. The first-order valence-electron chi connectivity index (χ1n) is 6.85. The lowest BCUT2D eigenvalue weighted by Gasteiger charge is -2.00. The molecule has 0 saturated carbocycles. The zero-order valence-electron chi connectivity index (χ0n) is 12.2. The van der Waals surface area contributed by atoms with Crippen LogP contribution in [0.1, 0.15) is 41.0 Å². The van der Waals surface area contributed by atoms with Crippen LogP contribution in [0.2, 0.25) is 0 Å². The van der Waals surface area contributed by atoms with Gasteiger partial charge in [0, 0.05) is 16.7 Å². The highest BCUT2D eigenvalue weighted by Gasteiger charge is 2.13. The number of thiophene rings is 1. The highest BCUT2D eigenvalue weighted by Crippen LogP contribution is 2.27. The van der Waals surface area contributed by atoms with Crippen molar-refractivity contribution in [2.24, 2.45) is 0 Å². The maximum Gasteiger partial charge on any atom is 0.271 e. The van der Waals surface area contributed by atoms with Crippen LogP contribution >= 0.6 is 34.0 Å². The highest BCUT2D eigenvalue weighted by atomic mass is 32.1. The second-order valence-corrected chi connectivity index (χ2v) is 7.73. The average Bonchev–Trinajstić information content (AvgIpc) is 3.23. The van der Waals surface area contributed by atoms with Crippen LogP contribution in [0.25, 0.3) is 9.88 Å². The standard InChI is InChI=1S/C15H15N3OS3/c1-9(2)14-17-10(7-21-14)6-16-13(19)11-8-22-15(18-11)12-4-3-5-20-12/h3-5,7-9H,6H2,1-2H3,(H,16,19). The number of rotatable bonds is 5.